The summed E-state index contributed by atoms with van der Waals surface area (Å²) < 4.78 is 0. The lowest BCUT2D eigenvalue weighted by Gasteiger charge is -2.31. The molecule has 0 heterocycles. The minimum absolute atomic E-state index is 0.788. The second kappa shape index (κ2) is 2.55. The van der Waals surface area contributed by atoms with E-state index in [2.05, 4.69) is 5.32 Å². The van der Waals surface area contributed by atoms with Crippen LogP contribution >= 0.6 is 0 Å². The highest BCUT2D eigenvalue weighted by atomic mass is 15.0. The fraction of sp³-hybridized carbons (Fsp3) is 1.00. The van der Waals surface area contributed by atoms with Crippen molar-refractivity contribution in [2.45, 2.75) is 51.0 Å². The van der Waals surface area contributed by atoms with Gasteiger partial charge in [0.1, 0.15) is 0 Å². The van der Waals surface area contributed by atoms with Gasteiger partial charge in [-0.25, -0.2) is 0 Å². The minimum Gasteiger partial charge on any atom is -0.313 e. The molecule has 0 spiro atoms. The van der Waals surface area contributed by atoms with Crippen LogP contribution in [0.4, 0.5) is 0 Å². The standard InChI is InChI=1S/C13H21N/c1-2-11(1)13(8-14-12-3-4-12)6-9-5-10(9)7-13/h9-12,14H,1-8H2. The van der Waals surface area contributed by atoms with Gasteiger partial charge in [0.05, 0.1) is 0 Å². The maximum atomic E-state index is 3.80. The average molecular weight is 191 g/mol. The van der Waals surface area contributed by atoms with Gasteiger partial charge >= 0.3 is 0 Å². The Morgan fingerprint density at radius 2 is 1.71 bits per heavy atom. The molecular weight excluding hydrogens is 170 g/mol. The lowest BCUT2D eigenvalue weighted by molar-refractivity contribution is 0.208. The summed E-state index contributed by atoms with van der Waals surface area (Å²) in [7, 11) is 0. The van der Waals surface area contributed by atoms with Crippen LogP contribution in [0.15, 0.2) is 0 Å². The molecule has 78 valence electrons. The molecule has 0 aromatic heterocycles. The maximum Gasteiger partial charge on any atom is 0.00684 e. The number of nitrogens with one attached hydrogen (secondary N) is 1. The van der Waals surface area contributed by atoms with E-state index in [4.69, 9.17) is 0 Å². The molecule has 4 aliphatic rings. The van der Waals surface area contributed by atoms with E-state index in [1.807, 2.05) is 0 Å². The average Bonchev–Trinajstić information content (AvgIpc) is 3.05. The summed E-state index contributed by atoms with van der Waals surface area (Å²) in [6.45, 7) is 1.37. The van der Waals surface area contributed by atoms with Gasteiger partial charge in [-0.15, -0.1) is 0 Å². The highest BCUT2D eigenvalue weighted by molar-refractivity contribution is 5.09. The Balaban J connectivity index is 1.45. The van der Waals surface area contributed by atoms with Crippen LogP contribution in [0.25, 0.3) is 0 Å². The van der Waals surface area contributed by atoms with E-state index in [-0.39, 0.29) is 0 Å². The maximum absolute atomic E-state index is 3.80. The molecule has 0 radical (unpaired) electrons. The zero-order chi connectivity index (χ0) is 9.17. The van der Waals surface area contributed by atoms with Crippen LogP contribution in [-0.2, 0) is 0 Å². The first-order chi connectivity index (χ1) is 6.86. The highest BCUT2D eigenvalue weighted by Crippen LogP contribution is 2.66. The number of hydrogen-bond donors (Lipinski definition) is 1. The quantitative estimate of drug-likeness (QED) is 0.720. The molecule has 0 aromatic carbocycles. The van der Waals surface area contributed by atoms with Crippen molar-refractivity contribution in [3.8, 4) is 0 Å². The minimum atomic E-state index is 0.788. The molecule has 0 amide bonds. The fourth-order valence-electron chi connectivity index (χ4n) is 3.89. The zero-order valence-corrected chi connectivity index (χ0v) is 8.97. The van der Waals surface area contributed by atoms with Crippen LogP contribution in [0.1, 0.15) is 44.9 Å². The molecule has 1 N–H and O–H groups in total. The normalized spacial score (nSPS) is 50.6. The first kappa shape index (κ1) is 8.15. The smallest absolute Gasteiger partial charge is 0.00684 e. The van der Waals surface area contributed by atoms with Gasteiger partial charge in [0.2, 0.25) is 0 Å². The Kier molecular flexibility index (Phi) is 1.49. The Bertz CT molecular complexity index is 242. The van der Waals surface area contributed by atoms with Crippen molar-refractivity contribution in [3.63, 3.8) is 0 Å². The third-order valence-electron chi connectivity index (χ3n) is 5.17. The van der Waals surface area contributed by atoms with E-state index in [0.717, 1.165) is 29.2 Å². The van der Waals surface area contributed by atoms with Gasteiger partial charge in [-0.05, 0) is 68.1 Å². The Morgan fingerprint density at radius 1 is 1.00 bits per heavy atom. The van der Waals surface area contributed by atoms with Crippen molar-refractivity contribution in [1.82, 2.24) is 5.32 Å². The Labute approximate surface area is 86.6 Å². The van der Waals surface area contributed by atoms with Crippen LogP contribution in [0.5, 0.6) is 0 Å². The highest BCUT2D eigenvalue weighted by Gasteiger charge is 2.58. The van der Waals surface area contributed by atoms with Crippen molar-refractivity contribution in [2.24, 2.45) is 23.2 Å². The van der Waals surface area contributed by atoms with Gasteiger partial charge in [-0.2, -0.15) is 0 Å². The third kappa shape index (κ3) is 1.25. The SMILES string of the molecule is C1CC1NCC1(C2CC2)CC2CC2C1. The van der Waals surface area contributed by atoms with E-state index in [9.17, 15) is 0 Å². The first-order valence-electron chi connectivity index (χ1n) is 6.59. The van der Waals surface area contributed by atoms with E-state index in [0.29, 0.717) is 0 Å². The molecule has 0 saturated heterocycles. The van der Waals surface area contributed by atoms with Crippen LogP contribution in [0.3, 0.4) is 0 Å². The zero-order valence-electron chi connectivity index (χ0n) is 8.97. The lowest BCUT2D eigenvalue weighted by atomic mass is 9.78. The lowest BCUT2D eigenvalue weighted by Crippen LogP contribution is -2.36. The molecule has 1 heteroatoms. The molecule has 4 saturated carbocycles. The second-order valence-corrected chi connectivity index (χ2v) is 6.46. The summed E-state index contributed by atoms with van der Waals surface area (Å²) in [6.07, 6.45) is 10.8. The predicted molar refractivity (Wildman–Crippen MR) is 57.0 cm³/mol. The molecule has 4 fully saturated rings. The Hall–Kier alpha value is -0.0400. The summed E-state index contributed by atoms with van der Waals surface area (Å²) in [5.74, 6) is 3.45. The van der Waals surface area contributed by atoms with Crippen molar-refractivity contribution < 1.29 is 0 Å². The van der Waals surface area contributed by atoms with Crippen molar-refractivity contribution >= 4 is 0 Å². The topological polar surface area (TPSA) is 12.0 Å². The monoisotopic (exact) mass is 191 g/mol. The molecule has 2 atom stereocenters. The van der Waals surface area contributed by atoms with Crippen molar-refractivity contribution in [2.75, 3.05) is 6.54 Å². The number of hydrogen-bond acceptors (Lipinski definition) is 1. The molecule has 14 heavy (non-hydrogen) atoms. The fourth-order valence-corrected chi connectivity index (χ4v) is 3.89. The largest absolute Gasteiger partial charge is 0.313 e. The van der Waals surface area contributed by atoms with Crippen LogP contribution < -0.4 is 5.32 Å². The van der Waals surface area contributed by atoms with E-state index < -0.39 is 0 Å². The van der Waals surface area contributed by atoms with Crippen LogP contribution in [0, 0.1) is 23.2 Å². The molecule has 4 rings (SSSR count). The molecule has 2 unspecified atom stereocenters. The van der Waals surface area contributed by atoms with E-state index >= 15 is 0 Å². The predicted octanol–water partition coefficient (Wildman–Crippen LogP) is 2.56. The van der Waals surface area contributed by atoms with E-state index in [1.54, 1.807) is 32.1 Å². The van der Waals surface area contributed by atoms with Gasteiger partial charge in [0.25, 0.3) is 0 Å². The van der Waals surface area contributed by atoms with Crippen molar-refractivity contribution in [1.29, 1.82) is 0 Å². The summed E-state index contributed by atoms with van der Waals surface area (Å²) in [4.78, 5) is 0. The summed E-state index contributed by atoms with van der Waals surface area (Å²) in [5, 5.41) is 3.80. The Morgan fingerprint density at radius 3 is 2.29 bits per heavy atom. The van der Waals surface area contributed by atoms with Gasteiger partial charge in [-0.3, -0.25) is 0 Å². The summed E-state index contributed by atoms with van der Waals surface area (Å²) in [5.41, 5.74) is 0.788. The van der Waals surface area contributed by atoms with E-state index in [1.165, 1.54) is 19.4 Å². The van der Waals surface area contributed by atoms with Gasteiger partial charge in [0.15, 0.2) is 0 Å². The van der Waals surface area contributed by atoms with Gasteiger partial charge in [0, 0.05) is 12.6 Å². The molecular formula is C13H21N. The van der Waals surface area contributed by atoms with Gasteiger partial charge < -0.3 is 5.32 Å². The first-order valence-corrected chi connectivity index (χ1v) is 6.59. The number of rotatable bonds is 4. The van der Waals surface area contributed by atoms with Gasteiger partial charge in [-0.1, -0.05) is 0 Å². The third-order valence-corrected chi connectivity index (χ3v) is 5.17. The van der Waals surface area contributed by atoms with Crippen LogP contribution in [-0.4, -0.2) is 12.6 Å². The summed E-state index contributed by atoms with van der Waals surface area (Å²) >= 11 is 0. The molecule has 1 nitrogen and oxygen atoms in total. The summed E-state index contributed by atoms with van der Waals surface area (Å²) in [6, 6.07) is 0.919. The molecule has 0 bridgehead atoms. The number of fused-ring (bicyclic) bond motifs is 1. The molecule has 0 aromatic rings. The second-order valence-electron chi connectivity index (χ2n) is 6.46. The van der Waals surface area contributed by atoms with Crippen molar-refractivity contribution in [3.05, 3.63) is 0 Å². The molecule has 4 aliphatic carbocycles. The van der Waals surface area contributed by atoms with Crippen LogP contribution in [0.2, 0.25) is 0 Å². The molecule has 0 aliphatic heterocycles.